The predicted molar refractivity (Wildman–Crippen MR) is 142 cm³/mol. The SMILES string of the molecule is CCCCCN(CCCCC)C(=S)[S-].CCCCCN(CCCCC)C(=S)[S-].[O]=[Mo+2]. The van der Waals surface area contributed by atoms with Crippen molar-refractivity contribution in [1.82, 2.24) is 9.80 Å². The molecule has 0 aromatic carbocycles. The van der Waals surface area contributed by atoms with Crippen LogP contribution < -0.4 is 0 Å². The Labute approximate surface area is 220 Å². The molecule has 0 heterocycles. The Morgan fingerprint density at radius 1 is 0.567 bits per heavy atom. The normalized spacial score (nSPS) is 9.57. The van der Waals surface area contributed by atoms with Gasteiger partial charge in [0.2, 0.25) is 0 Å². The minimum absolute atomic E-state index is 0.650. The van der Waals surface area contributed by atoms with Crippen molar-refractivity contribution in [2.45, 2.75) is 105 Å². The Bertz CT molecular complexity index is 336. The molecule has 3 nitrogen and oxygen atoms in total. The fraction of sp³-hybridized carbons (Fsp3) is 0.909. The first-order valence-corrected chi connectivity index (χ1v) is 14.0. The number of rotatable bonds is 16. The maximum absolute atomic E-state index is 8.26. The Balaban J connectivity index is -0.000000448. The van der Waals surface area contributed by atoms with Gasteiger partial charge in [0.25, 0.3) is 0 Å². The Kier molecular flexibility index (Phi) is 35.0. The molecule has 0 bridgehead atoms. The molecule has 0 radical (unpaired) electrons. The zero-order valence-electron chi connectivity index (χ0n) is 19.7. The van der Waals surface area contributed by atoms with Crippen LogP contribution in [0.1, 0.15) is 105 Å². The van der Waals surface area contributed by atoms with E-state index in [0.717, 1.165) is 26.2 Å². The summed E-state index contributed by atoms with van der Waals surface area (Å²) in [6, 6.07) is 0. The van der Waals surface area contributed by atoms with Crippen molar-refractivity contribution in [1.29, 1.82) is 0 Å². The maximum atomic E-state index is 8.26. The van der Waals surface area contributed by atoms with Crippen LogP contribution in [0.15, 0.2) is 0 Å². The Hall–Kier alpha value is 0.708. The summed E-state index contributed by atoms with van der Waals surface area (Å²) >= 11 is 20.9. The Morgan fingerprint density at radius 3 is 0.900 bits per heavy atom. The van der Waals surface area contributed by atoms with Crippen LogP contribution in [0.25, 0.3) is 0 Å². The second-order valence-corrected chi connectivity index (χ2v) is 9.40. The van der Waals surface area contributed by atoms with Crippen LogP contribution in [-0.4, -0.2) is 44.6 Å². The standard InChI is InChI=1S/2C11H23NS2.Mo.O/c2*1-3-5-7-9-12(11(13)14)10-8-6-4-2;;/h2*3-10H2,1-2H3,(H,13,14);;/q;;+2;/p-2. The first kappa shape index (κ1) is 35.3. The first-order chi connectivity index (χ1) is 14.4. The second-order valence-electron chi connectivity index (χ2n) is 7.33. The summed E-state index contributed by atoms with van der Waals surface area (Å²) in [6.07, 6.45) is 15.0. The van der Waals surface area contributed by atoms with Gasteiger partial charge in [-0.3, -0.25) is 0 Å². The van der Waals surface area contributed by atoms with Crippen LogP contribution in [-0.2, 0) is 48.4 Å². The van der Waals surface area contributed by atoms with Gasteiger partial charge in [0.1, 0.15) is 0 Å². The van der Waals surface area contributed by atoms with E-state index >= 15 is 0 Å². The van der Waals surface area contributed by atoms with Crippen LogP contribution in [0.3, 0.4) is 0 Å². The van der Waals surface area contributed by atoms with Crippen molar-refractivity contribution in [3.63, 3.8) is 0 Å². The van der Waals surface area contributed by atoms with Gasteiger partial charge < -0.3 is 59.5 Å². The van der Waals surface area contributed by atoms with Gasteiger partial charge in [-0.15, -0.1) is 0 Å². The van der Waals surface area contributed by atoms with E-state index in [2.05, 4.69) is 37.5 Å². The summed E-state index contributed by atoms with van der Waals surface area (Å²) < 4.78 is 9.56. The molecule has 8 heteroatoms. The van der Waals surface area contributed by atoms with E-state index in [0.29, 0.717) is 28.4 Å². The summed E-state index contributed by atoms with van der Waals surface area (Å²) in [5.41, 5.74) is 0. The van der Waals surface area contributed by atoms with E-state index in [4.69, 9.17) is 53.1 Å². The number of nitrogens with zero attached hydrogens (tertiary/aromatic N) is 2. The summed E-state index contributed by atoms with van der Waals surface area (Å²) in [6.45, 7) is 13.1. The molecule has 0 fully saturated rings. The molecule has 0 aliphatic carbocycles. The van der Waals surface area contributed by atoms with Crippen molar-refractivity contribution >= 4 is 58.3 Å². The molecule has 0 saturated heterocycles. The molecule has 0 amide bonds. The van der Waals surface area contributed by atoms with Gasteiger partial charge in [0.15, 0.2) is 0 Å². The third kappa shape index (κ3) is 26.7. The van der Waals surface area contributed by atoms with Crippen molar-refractivity contribution in [3.05, 3.63) is 0 Å². The molecule has 0 spiro atoms. The predicted octanol–water partition coefficient (Wildman–Crippen LogP) is 6.88. The van der Waals surface area contributed by atoms with Crippen LogP contribution >= 0.6 is 24.4 Å². The molecule has 178 valence electrons. The van der Waals surface area contributed by atoms with Crippen molar-refractivity contribution in [2.75, 3.05) is 26.2 Å². The Morgan fingerprint density at radius 2 is 0.767 bits per heavy atom. The van der Waals surface area contributed by atoms with Crippen molar-refractivity contribution in [2.24, 2.45) is 0 Å². The topological polar surface area (TPSA) is 23.6 Å². The van der Waals surface area contributed by atoms with Crippen LogP contribution in [0, 0.1) is 0 Å². The fourth-order valence-corrected chi connectivity index (χ4v) is 3.53. The van der Waals surface area contributed by atoms with Gasteiger partial charge in [-0.25, -0.2) is 0 Å². The molecule has 0 rings (SSSR count). The number of unbranched alkanes of at least 4 members (excludes halogenated alkanes) is 8. The fourth-order valence-electron chi connectivity index (χ4n) is 2.80. The first-order valence-electron chi connectivity index (χ1n) is 11.5. The van der Waals surface area contributed by atoms with Gasteiger partial charge in [-0.05, 0) is 25.7 Å². The van der Waals surface area contributed by atoms with Crippen LogP contribution in [0.5, 0.6) is 0 Å². The summed E-state index contributed by atoms with van der Waals surface area (Å²) in [4.78, 5) is 4.35. The van der Waals surface area contributed by atoms with Crippen LogP contribution in [0.2, 0.25) is 0 Å². The van der Waals surface area contributed by atoms with E-state index in [1.54, 1.807) is 0 Å². The average Bonchev–Trinajstić information content (AvgIpc) is 2.73. The van der Waals surface area contributed by atoms with Gasteiger partial charge in [0.05, 0.1) is 0 Å². The van der Waals surface area contributed by atoms with Crippen molar-refractivity contribution < 1.29 is 23.2 Å². The molecule has 0 unspecified atom stereocenters. The summed E-state index contributed by atoms with van der Waals surface area (Å²) in [5.74, 6) is 0. The summed E-state index contributed by atoms with van der Waals surface area (Å²) in [5, 5.41) is 0. The number of thiocarbonyl (C=S) groups is 2. The molecular formula is C22H44MoN2OS4. The zero-order chi connectivity index (χ0) is 23.6. The molecule has 0 aromatic heterocycles. The van der Waals surface area contributed by atoms with E-state index in [1.807, 2.05) is 0 Å². The zero-order valence-corrected chi connectivity index (χ0v) is 24.9. The molecule has 30 heavy (non-hydrogen) atoms. The molecule has 0 saturated carbocycles. The number of hydrogen-bond donors (Lipinski definition) is 0. The van der Waals surface area contributed by atoms with E-state index < -0.39 is 0 Å². The van der Waals surface area contributed by atoms with Gasteiger partial charge in [0, 0.05) is 26.2 Å². The third-order valence-electron chi connectivity index (χ3n) is 4.64. The molecule has 0 aliphatic rings. The quantitative estimate of drug-likeness (QED) is 0.0854. The van der Waals surface area contributed by atoms with E-state index in [9.17, 15) is 0 Å². The monoisotopic (exact) mass is 578 g/mol. The van der Waals surface area contributed by atoms with Gasteiger partial charge in [-0.2, -0.15) is 0 Å². The molecule has 0 atom stereocenters. The van der Waals surface area contributed by atoms with Gasteiger partial charge >= 0.3 is 23.2 Å². The minimum atomic E-state index is 0.650. The molecule has 0 N–H and O–H groups in total. The van der Waals surface area contributed by atoms with Gasteiger partial charge in [-0.1, -0.05) is 87.7 Å². The molecule has 0 aliphatic heterocycles. The van der Waals surface area contributed by atoms with Crippen molar-refractivity contribution in [3.8, 4) is 0 Å². The van der Waals surface area contributed by atoms with Crippen LogP contribution in [0.4, 0.5) is 0 Å². The average molecular weight is 577 g/mol. The third-order valence-corrected chi connectivity index (χ3v) is 5.68. The molecular weight excluding hydrogens is 532 g/mol. The number of hydrogen-bond acceptors (Lipinski definition) is 5. The van der Waals surface area contributed by atoms with E-state index in [1.165, 1.54) is 77.0 Å². The summed E-state index contributed by atoms with van der Waals surface area (Å²) in [7, 11) is 0. The second kappa shape index (κ2) is 29.7. The van der Waals surface area contributed by atoms with E-state index in [-0.39, 0.29) is 0 Å². The molecule has 0 aromatic rings.